The van der Waals surface area contributed by atoms with Crippen molar-refractivity contribution in [1.82, 2.24) is 0 Å². The topological polar surface area (TPSA) is 17.1 Å². The minimum absolute atomic E-state index is 0.0571. The van der Waals surface area contributed by atoms with E-state index in [1.807, 2.05) is 30.3 Å². The summed E-state index contributed by atoms with van der Waals surface area (Å²) in [5, 5.41) is 0. The molecule has 17 heavy (non-hydrogen) atoms. The maximum atomic E-state index is 12.9. The normalized spacial score (nSPS) is 10.2. The number of thioether (sulfide) groups is 1. The van der Waals surface area contributed by atoms with Crippen molar-refractivity contribution in [3.8, 4) is 0 Å². The minimum atomic E-state index is -0.374. The van der Waals surface area contributed by atoms with Crippen LogP contribution < -0.4 is 0 Å². The predicted molar refractivity (Wildman–Crippen MR) is 67.9 cm³/mol. The molecule has 0 spiro atoms. The summed E-state index contributed by atoms with van der Waals surface area (Å²) in [6.45, 7) is 0. The van der Waals surface area contributed by atoms with Gasteiger partial charge in [-0.1, -0.05) is 30.3 Å². The highest BCUT2D eigenvalue weighted by atomic mass is 32.2. The zero-order valence-corrected chi connectivity index (χ0v) is 9.91. The Morgan fingerprint density at radius 2 is 1.82 bits per heavy atom. The Morgan fingerprint density at radius 1 is 1.06 bits per heavy atom. The molecule has 0 heterocycles. The molecule has 0 aromatic heterocycles. The quantitative estimate of drug-likeness (QED) is 0.603. The van der Waals surface area contributed by atoms with E-state index < -0.39 is 0 Å². The average Bonchev–Trinajstić information content (AvgIpc) is 2.37. The lowest BCUT2D eigenvalue weighted by atomic mass is 10.1. The molecule has 1 nitrogen and oxygen atoms in total. The van der Waals surface area contributed by atoms with Gasteiger partial charge in [-0.2, -0.15) is 0 Å². The van der Waals surface area contributed by atoms with Gasteiger partial charge < -0.3 is 0 Å². The van der Waals surface area contributed by atoms with Gasteiger partial charge in [0.1, 0.15) is 5.82 Å². The molecule has 0 atom stereocenters. The van der Waals surface area contributed by atoms with Crippen molar-refractivity contribution in [2.45, 2.75) is 4.90 Å². The summed E-state index contributed by atoms with van der Waals surface area (Å²) >= 11 is 1.46. The molecule has 0 fully saturated rings. The molecule has 2 aromatic rings. The lowest BCUT2D eigenvalue weighted by Crippen LogP contribution is -2.02. The predicted octanol–water partition coefficient (Wildman–Crippen LogP) is 3.80. The number of benzene rings is 2. The number of halogens is 1. The number of rotatable bonds is 4. The first-order chi connectivity index (χ1) is 8.25. The molecule has 0 N–H and O–H groups in total. The van der Waals surface area contributed by atoms with Crippen molar-refractivity contribution in [3.05, 3.63) is 66.0 Å². The monoisotopic (exact) mass is 246 g/mol. The van der Waals surface area contributed by atoms with Crippen LogP contribution in [-0.2, 0) is 0 Å². The minimum Gasteiger partial charge on any atom is -0.293 e. The first-order valence-electron chi connectivity index (χ1n) is 5.22. The lowest BCUT2D eigenvalue weighted by molar-refractivity contribution is 0.102. The van der Waals surface area contributed by atoms with Crippen LogP contribution in [0.4, 0.5) is 4.39 Å². The molecular weight excluding hydrogens is 235 g/mol. The van der Waals surface area contributed by atoms with Crippen molar-refractivity contribution in [2.24, 2.45) is 0 Å². The Balaban J connectivity index is 1.98. The van der Waals surface area contributed by atoms with Crippen molar-refractivity contribution in [1.29, 1.82) is 0 Å². The zero-order chi connectivity index (χ0) is 12.1. The highest BCUT2D eigenvalue weighted by molar-refractivity contribution is 8.00. The van der Waals surface area contributed by atoms with Gasteiger partial charge in [0.15, 0.2) is 5.78 Å². The molecule has 3 heteroatoms. The van der Waals surface area contributed by atoms with Crippen LogP contribution in [0.25, 0.3) is 0 Å². The number of carbonyl (C=O) groups is 1. The van der Waals surface area contributed by atoms with Gasteiger partial charge in [-0.3, -0.25) is 4.79 Å². The summed E-state index contributed by atoms with van der Waals surface area (Å²) < 4.78 is 12.9. The van der Waals surface area contributed by atoms with Crippen molar-refractivity contribution in [2.75, 3.05) is 5.75 Å². The third kappa shape index (κ3) is 3.43. The number of hydrogen-bond acceptors (Lipinski definition) is 2. The number of carbonyl (C=O) groups excluding carboxylic acids is 1. The Hall–Kier alpha value is -1.61. The summed E-state index contributed by atoms with van der Waals surface area (Å²) in [5.74, 6) is -0.105. The second kappa shape index (κ2) is 5.64. The van der Waals surface area contributed by atoms with E-state index in [4.69, 9.17) is 0 Å². The fourth-order valence-corrected chi connectivity index (χ4v) is 2.22. The molecule has 0 saturated heterocycles. The van der Waals surface area contributed by atoms with Gasteiger partial charge in [-0.05, 0) is 24.3 Å². The maximum absolute atomic E-state index is 12.9. The van der Waals surface area contributed by atoms with Crippen molar-refractivity contribution >= 4 is 17.5 Å². The summed E-state index contributed by atoms with van der Waals surface area (Å²) in [5.41, 5.74) is 0.424. The SMILES string of the molecule is O=C(CSc1ccccc1)c1cccc(F)c1. The highest BCUT2D eigenvalue weighted by Gasteiger charge is 2.07. The van der Waals surface area contributed by atoms with Gasteiger partial charge in [0, 0.05) is 10.5 Å². The third-order valence-electron chi connectivity index (χ3n) is 2.26. The first-order valence-corrected chi connectivity index (χ1v) is 6.21. The fraction of sp³-hybridized carbons (Fsp3) is 0.0714. The van der Waals surface area contributed by atoms with E-state index in [9.17, 15) is 9.18 Å². The molecule has 0 unspecified atom stereocenters. The smallest absolute Gasteiger partial charge is 0.173 e. The van der Waals surface area contributed by atoms with E-state index in [2.05, 4.69) is 0 Å². The van der Waals surface area contributed by atoms with Crippen LogP contribution in [-0.4, -0.2) is 11.5 Å². The van der Waals surface area contributed by atoms with Gasteiger partial charge in [0.05, 0.1) is 5.75 Å². The molecule has 0 aliphatic carbocycles. The summed E-state index contributed by atoms with van der Waals surface area (Å²) in [6.07, 6.45) is 0. The number of Topliss-reactive ketones (excluding diaryl/α,β-unsaturated/α-hetero) is 1. The largest absolute Gasteiger partial charge is 0.293 e. The molecule has 0 radical (unpaired) electrons. The van der Waals surface area contributed by atoms with Crippen molar-refractivity contribution in [3.63, 3.8) is 0 Å². The summed E-state index contributed by atoms with van der Waals surface area (Å²) in [6, 6.07) is 15.5. The molecular formula is C14H11FOS. The van der Waals surface area contributed by atoms with Crippen LogP contribution in [0, 0.1) is 5.82 Å². The molecule has 86 valence electrons. The fourth-order valence-electron chi connectivity index (χ4n) is 1.41. The molecule has 0 saturated carbocycles. The molecule has 0 aliphatic rings. The molecule has 0 bridgehead atoms. The second-order valence-corrected chi connectivity index (χ2v) is 4.58. The number of hydrogen-bond donors (Lipinski definition) is 0. The molecule has 2 rings (SSSR count). The average molecular weight is 246 g/mol. The molecule has 0 amide bonds. The van der Waals surface area contributed by atoms with Crippen molar-refractivity contribution < 1.29 is 9.18 Å². The standard InChI is InChI=1S/C14H11FOS/c15-12-6-4-5-11(9-12)14(16)10-17-13-7-2-1-3-8-13/h1-9H,10H2. The Bertz CT molecular complexity index is 511. The summed E-state index contributed by atoms with van der Waals surface area (Å²) in [4.78, 5) is 12.8. The first kappa shape index (κ1) is 11.9. The number of ketones is 1. The van der Waals surface area contributed by atoms with Crippen LogP contribution in [0.5, 0.6) is 0 Å². The van der Waals surface area contributed by atoms with E-state index in [1.165, 1.54) is 23.9 Å². The van der Waals surface area contributed by atoms with E-state index >= 15 is 0 Å². The van der Waals surface area contributed by atoms with Crippen LogP contribution in [0.3, 0.4) is 0 Å². The van der Waals surface area contributed by atoms with E-state index in [1.54, 1.807) is 12.1 Å². The molecule has 0 aliphatic heterocycles. The lowest BCUT2D eigenvalue weighted by Gasteiger charge is -2.01. The Labute approximate surface area is 104 Å². The van der Waals surface area contributed by atoms with E-state index in [0.717, 1.165) is 4.90 Å². The van der Waals surface area contributed by atoms with Gasteiger partial charge >= 0.3 is 0 Å². The van der Waals surface area contributed by atoms with E-state index in [-0.39, 0.29) is 11.6 Å². The van der Waals surface area contributed by atoms with Gasteiger partial charge in [0.25, 0.3) is 0 Å². The Kier molecular flexibility index (Phi) is 3.94. The Morgan fingerprint density at radius 3 is 2.53 bits per heavy atom. The summed E-state index contributed by atoms with van der Waals surface area (Å²) in [7, 11) is 0. The van der Waals surface area contributed by atoms with Crippen LogP contribution in [0.15, 0.2) is 59.5 Å². The van der Waals surface area contributed by atoms with Crippen LogP contribution in [0.1, 0.15) is 10.4 Å². The zero-order valence-electron chi connectivity index (χ0n) is 9.10. The van der Waals surface area contributed by atoms with Gasteiger partial charge in [-0.25, -0.2) is 4.39 Å². The van der Waals surface area contributed by atoms with Gasteiger partial charge in [-0.15, -0.1) is 11.8 Å². The van der Waals surface area contributed by atoms with Crippen LogP contribution in [0.2, 0.25) is 0 Å². The second-order valence-electron chi connectivity index (χ2n) is 3.54. The molecule has 2 aromatic carbocycles. The third-order valence-corrected chi connectivity index (χ3v) is 3.27. The van der Waals surface area contributed by atoms with Gasteiger partial charge in [0.2, 0.25) is 0 Å². The van der Waals surface area contributed by atoms with Crippen LogP contribution >= 0.6 is 11.8 Å². The maximum Gasteiger partial charge on any atom is 0.173 e. The van der Waals surface area contributed by atoms with E-state index in [0.29, 0.717) is 11.3 Å². The highest BCUT2D eigenvalue weighted by Crippen LogP contribution is 2.18.